The molecule has 4 aromatic carbocycles. The predicted octanol–water partition coefficient (Wildman–Crippen LogP) is 7.73. The van der Waals surface area contributed by atoms with Crippen molar-refractivity contribution in [2.24, 2.45) is 4.99 Å². The number of ether oxygens (including phenoxy) is 3. The second-order valence-electron chi connectivity index (χ2n) is 9.10. The van der Waals surface area contributed by atoms with Gasteiger partial charge in [-0.2, -0.15) is 0 Å². The third kappa shape index (κ3) is 6.37. The zero-order valence-corrected chi connectivity index (χ0v) is 25.8. The van der Waals surface area contributed by atoms with Crippen molar-refractivity contribution in [3.63, 3.8) is 0 Å². The summed E-state index contributed by atoms with van der Waals surface area (Å²) in [5.74, 6) is -0.481. The van der Waals surface area contributed by atoms with Gasteiger partial charge in [0.1, 0.15) is 23.0 Å². The van der Waals surface area contributed by atoms with Gasteiger partial charge in [-0.3, -0.25) is 4.79 Å². The molecule has 0 spiro atoms. The first-order valence-electron chi connectivity index (χ1n) is 13.0. The lowest BCUT2D eigenvalue weighted by atomic mass is 10.1. The molecule has 0 fully saturated rings. The molecule has 0 unspecified atom stereocenters. The number of hydrogen-bond acceptors (Lipinski definition) is 7. The van der Waals surface area contributed by atoms with Gasteiger partial charge < -0.3 is 19.3 Å². The van der Waals surface area contributed by atoms with E-state index in [4.69, 9.17) is 14.2 Å². The fourth-order valence-corrected chi connectivity index (χ4v) is 6.21. The Labute approximate surface area is 261 Å². The Bertz CT molecular complexity index is 1760. The lowest BCUT2D eigenvalue weighted by Gasteiger charge is -2.15. The number of aliphatic hydroxyl groups is 1. The molecular weight excluding hydrogens is 665 g/mol. The van der Waals surface area contributed by atoms with Gasteiger partial charge in [-0.1, -0.05) is 72.4 Å². The van der Waals surface area contributed by atoms with Crippen LogP contribution < -0.4 is 9.47 Å². The van der Waals surface area contributed by atoms with Gasteiger partial charge in [0.25, 0.3) is 5.91 Å². The van der Waals surface area contributed by atoms with Crippen LogP contribution in [-0.2, 0) is 16.1 Å². The maximum Gasteiger partial charge on any atom is 0.344 e. The number of nitrogens with zero attached hydrogens (tertiary/aromatic N) is 1. The van der Waals surface area contributed by atoms with Crippen LogP contribution in [0.5, 0.6) is 11.5 Å². The largest absolute Gasteiger partial charge is 0.506 e. The molecule has 4 aromatic rings. The summed E-state index contributed by atoms with van der Waals surface area (Å²) in [6, 6.07) is 26.4. The van der Waals surface area contributed by atoms with Gasteiger partial charge in [-0.15, -0.1) is 0 Å². The number of fused-ring (bicyclic) bond motifs is 1. The summed E-state index contributed by atoms with van der Waals surface area (Å²) in [7, 11) is 1.56. The van der Waals surface area contributed by atoms with E-state index in [9.17, 15) is 14.7 Å². The minimum absolute atomic E-state index is 0.0720. The molecule has 0 aromatic heterocycles. The number of esters is 1. The SMILES string of the molecule is CCOC(=O)C1=C(O)/C(=C/c2cc(I)c(OCc3cccc4ccccc34)c(OC)c2)SC1=NC(=O)c1ccccc1. The van der Waals surface area contributed by atoms with Gasteiger partial charge >= 0.3 is 5.97 Å². The van der Waals surface area contributed by atoms with E-state index in [1.165, 1.54) is 0 Å². The number of aliphatic hydroxyl groups excluding tert-OH is 1. The van der Waals surface area contributed by atoms with Crippen molar-refractivity contribution in [2.75, 3.05) is 13.7 Å². The first-order valence-corrected chi connectivity index (χ1v) is 14.9. The van der Waals surface area contributed by atoms with Gasteiger partial charge in [-0.05, 0) is 81.8 Å². The van der Waals surface area contributed by atoms with Crippen LogP contribution in [-0.4, -0.2) is 35.7 Å². The molecule has 7 nitrogen and oxygen atoms in total. The highest BCUT2D eigenvalue weighted by molar-refractivity contribution is 14.1. The monoisotopic (exact) mass is 691 g/mol. The van der Waals surface area contributed by atoms with Crippen LogP contribution in [0.4, 0.5) is 0 Å². The van der Waals surface area contributed by atoms with E-state index >= 15 is 0 Å². The predicted molar refractivity (Wildman–Crippen MR) is 174 cm³/mol. The van der Waals surface area contributed by atoms with E-state index in [0.29, 0.717) is 34.1 Å². The molecule has 0 radical (unpaired) electrons. The molecule has 0 aliphatic carbocycles. The first kappa shape index (κ1) is 29.4. The van der Waals surface area contributed by atoms with Gasteiger partial charge in [0, 0.05) is 5.56 Å². The van der Waals surface area contributed by atoms with Crippen LogP contribution in [0.3, 0.4) is 0 Å². The molecule has 1 aliphatic heterocycles. The molecule has 212 valence electrons. The highest BCUT2D eigenvalue weighted by Crippen LogP contribution is 2.41. The van der Waals surface area contributed by atoms with Crippen molar-refractivity contribution in [2.45, 2.75) is 13.5 Å². The van der Waals surface area contributed by atoms with E-state index < -0.39 is 11.9 Å². The molecule has 42 heavy (non-hydrogen) atoms. The van der Waals surface area contributed by atoms with Crippen LogP contribution >= 0.6 is 34.4 Å². The summed E-state index contributed by atoms with van der Waals surface area (Å²) < 4.78 is 17.8. The molecule has 1 N–H and O–H groups in total. The number of rotatable bonds is 8. The summed E-state index contributed by atoms with van der Waals surface area (Å²) >= 11 is 3.20. The zero-order chi connectivity index (χ0) is 29.6. The standard InChI is InChI=1S/C33H26INO6S/c1-3-40-33(38)28-29(36)27(42-32(28)35-31(37)22-11-5-4-6-12-22)18-20-16-25(34)30(26(17-20)39-2)41-19-23-14-9-13-21-10-7-8-15-24(21)23/h4-18,36H,3,19H2,1-2H3/b27-18-,35-32?. The fraction of sp³-hybridized carbons (Fsp3) is 0.121. The highest BCUT2D eigenvalue weighted by Gasteiger charge is 2.34. The molecule has 1 heterocycles. The number of carbonyl (C=O) groups is 2. The first-order chi connectivity index (χ1) is 20.4. The Morgan fingerprint density at radius 1 is 1.00 bits per heavy atom. The topological polar surface area (TPSA) is 94.4 Å². The van der Waals surface area contributed by atoms with Gasteiger partial charge in [-0.25, -0.2) is 9.79 Å². The van der Waals surface area contributed by atoms with E-state index in [1.54, 1.807) is 56.5 Å². The second kappa shape index (κ2) is 13.3. The number of hydrogen-bond donors (Lipinski definition) is 1. The Hall–Kier alpha value is -4.09. The molecule has 0 saturated heterocycles. The van der Waals surface area contributed by atoms with Crippen molar-refractivity contribution in [1.82, 2.24) is 0 Å². The van der Waals surface area contributed by atoms with Crippen molar-refractivity contribution in [1.29, 1.82) is 0 Å². The van der Waals surface area contributed by atoms with E-state index in [-0.39, 0.29) is 23.0 Å². The Balaban J connectivity index is 1.45. The molecule has 1 amide bonds. The molecule has 0 saturated carbocycles. The third-order valence-corrected chi connectivity index (χ3v) is 8.22. The molecule has 1 aliphatic rings. The molecular formula is C33H26INO6S. The Morgan fingerprint density at radius 2 is 1.74 bits per heavy atom. The zero-order valence-electron chi connectivity index (χ0n) is 22.8. The fourth-order valence-electron chi connectivity index (χ4n) is 4.41. The number of methoxy groups -OCH3 is 1. The Kier molecular flexibility index (Phi) is 9.28. The average molecular weight is 692 g/mol. The summed E-state index contributed by atoms with van der Waals surface area (Å²) in [6.07, 6.45) is 1.70. The number of amides is 1. The Morgan fingerprint density at radius 3 is 2.50 bits per heavy atom. The number of aliphatic imine (C=N–C) groups is 1. The lowest BCUT2D eigenvalue weighted by Crippen LogP contribution is -2.14. The van der Waals surface area contributed by atoms with Crippen LogP contribution in [0.15, 0.2) is 106 Å². The highest BCUT2D eigenvalue weighted by atomic mass is 127. The molecule has 9 heteroatoms. The smallest absolute Gasteiger partial charge is 0.344 e. The van der Waals surface area contributed by atoms with Crippen LogP contribution in [0.25, 0.3) is 16.8 Å². The quantitative estimate of drug-likeness (QED) is 0.149. The molecule has 0 bridgehead atoms. The molecule has 5 rings (SSSR count). The normalized spacial score (nSPS) is 14.9. The lowest BCUT2D eigenvalue weighted by molar-refractivity contribution is -0.138. The summed E-state index contributed by atoms with van der Waals surface area (Å²) in [5.41, 5.74) is 1.97. The maximum absolute atomic E-state index is 12.8. The van der Waals surface area contributed by atoms with E-state index in [0.717, 1.165) is 31.7 Å². The van der Waals surface area contributed by atoms with E-state index in [2.05, 4.69) is 45.8 Å². The minimum Gasteiger partial charge on any atom is -0.506 e. The maximum atomic E-state index is 12.8. The van der Waals surface area contributed by atoms with Crippen molar-refractivity contribution >= 4 is 68.1 Å². The number of thioether (sulfide) groups is 1. The summed E-state index contributed by atoms with van der Waals surface area (Å²) in [5, 5.41) is 13.4. The van der Waals surface area contributed by atoms with Crippen molar-refractivity contribution in [3.8, 4) is 11.5 Å². The van der Waals surface area contributed by atoms with Crippen molar-refractivity contribution in [3.05, 3.63) is 121 Å². The van der Waals surface area contributed by atoms with Gasteiger partial charge in [0.15, 0.2) is 11.5 Å². The second-order valence-corrected chi connectivity index (χ2v) is 11.3. The number of benzene rings is 4. The third-order valence-electron chi connectivity index (χ3n) is 6.40. The van der Waals surface area contributed by atoms with E-state index in [1.807, 2.05) is 30.3 Å². The van der Waals surface area contributed by atoms with Crippen LogP contribution in [0, 0.1) is 3.57 Å². The van der Waals surface area contributed by atoms with Gasteiger partial charge in [0.05, 0.1) is 22.2 Å². The molecule has 0 atom stereocenters. The summed E-state index contributed by atoms with van der Waals surface area (Å²) in [6.45, 7) is 2.12. The van der Waals surface area contributed by atoms with Crippen LogP contribution in [0.2, 0.25) is 0 Å². The summed E-state index contributed by atoms with van der Waals surface area (Å²) in [4.78, 5) is 30.0. The minimum atomic E-state index is -0.755. The van der Waals surface area contributed by atoms with Crippen LogP contribution in [0.1, 0.15) is 28.4 Å². The van der Waals surface area contributed by atoms with Gasteiger partial charge in [0.2, 0.25) is 0 Å². The average Bonchev–Trinajstić information content (AvgIpc) is 3.30. The number of halogens is 1. The van der Waals surface area contributed by atoms with Crippen molar-refractivity contribution < 1.29 is 28.9 Å². The number of carbonyl (C=O) groups excluding carboxylic acids is 2.